The van der Waals surface area contributed by atoms with E-state index in [0.29, 0.717) is 35.2 Å². The van der Waals surface area contributed by atoms with E-state index in [1.165, 1.54) is 0 Å². The lowest BCUT2D eigenvalue weighted by molar-refractivity contribution is -0.149. The maximum absolute atomic E-state index is 14.4. The van der Waals surface area contributed by atoms with Gasteiger partial charge in [0.1, 0.15) is 6.04 Å². The first kappa shape index (κ1) is 22.7. The molecule has 4 aliphatic rings. The number of fused-ring (bicyclic) bond motifs is 3. The first-order chi connectivity index (χ1) is 15.9. The molecule has 1 aliphatic carbocycles. The molecule has 0 unspecified atom stereocenters. The van der Waals surface area contributed by atoms with Gasteiger partial charge in [-0.1, -0.05) is 59.6 Å². The van der Waals surface area contributed by atoms with Crippen LogP contribution in [0.4, 0.5) is 0 Å². The van der Waals surface area contributed by atoms with E-state index in [0.717, 1.165) is 43.6 Å². The highest BCUT2D eigenvalue weighted by atomic mass is 35.5. The largest absolute Gasteiger partial charge is 0.368 e. The van der Waals surface area contributed by atoms with Gasteiger partial charge >= 0.3 is 0 Å². The van der Waals surface area contributed by atoms with E-state index in [9.17, 15) is 9.59 Å². The Hall–Kier alpha value is -2.08. The summed E-state index contributed by atoms with van der Waals surface area (Å²) in [4.78, 5) is 31.5. The van der Waals surface area contributed by atoms with Crippen LogP contribution in [0.1, 0.15) is 36.8 Å². The van der Waals surface area contributed by atoms with Crippen LogP contribution in [0, 0.1) is 5.92 Å². The Morgan fingerprint density at radius 2 is 1.79 bits per heavy atom. The second-order valence-electron chi connectivity index (χ2n) is 9.73. The van der Waals surface area contributed by atoms with Crippen LogP contribution in [0.3, 0.4) is 0 Å². The number of benzene rings is 2. The molecule has 2 aromatic carbocycles. The second kappa shape index (κ2) is 8.94. The number of carbonyl (C=O) groups is 2. The quantitative estimate of drug-likeness (QED) is 0.643. The van der Waals surface area contributed by atoms with Crippen molar-refractivity contribution in [1.82, 2.24) is 9.80 Å². The van der Waals surface area contributed by atoms with Crippen molar-refractivity contribution in [2.45, 2.75) is 49.6 Å². The Morgan fingerprint density at radius 3 is 2.33 bits per heavy atom. The minimum Gasteiger partial charge on any atom is -0.368 e. The first-order valence-corrected chi connectivity index (χ1v) is 12.5. The molecule has 174 valence electrons. The van der Waals surface area contributed by atoms with E-state index in [1.54, 1.807) is 12.1 Å². The van der Waals surface area contributed by atoms with Crippen molar-refractivity contribution in [1.29, 1.82) is 0 Å². The Labute approximate surface area is 204 Å². The molecule has 3 heterocycles. The molecule has 2 amide bonds. The van der Waals surface area contributed by atoms with E-state index in [2.05, 4.69) is 4.90 Å². The van der Waals surface area contributed by atoms with Crippen molar-refractivity contribution in [3.8, 4) is 0 Å². The summed E-state index contributed by atoms with van der Waals surface area (Å²) in [7, 11) is 0. The van der Waals surface area contributed by atoms with Gasteiger partial charge < -0.3 is 15.5 Å². The first-order valence-electron chi connectivity index (χ1n) is 11.7. The van der Waals surface area contributed by atoms with Crippen molar-refractivity contribution in [3.63, 3.8) is 0 Å². The number of hydrogen-bond acceptors (Lipinski definition) is 3. The van der Waals surface area contributed by atoms with E-state index in [4.69, 9.17) is 28.9 Å². The molecule has 2 N–H and O–H groups in total. The molecule has 2 aromatic rings. The van der Waals surface area contributed by atoms with E-state index in [-0.39, 0.29) is 11.9 Å². The van der Waals surface area contributed by atoms with Crippen LogP contribution in [0.15, 0.2) is 48.5 Å². The fourth-order valence-corrected chi connectivity index (χ4v) is 6.38. The molecule has 3 aliphatic heterocycles. The summed E-state index contributed by atoms with van der Waals surface area (Å²) in [5.41, 5.74) is 7.07. The average Bonchev–Trinajstić information content (AvgIpc) is 3.62. The van der Waals surface area contributed by atoms with Gasteiger partial charge in [-0.3, -0.25) is 9.59 Å². The highest BCUT2D eigenvalue weighted by Gasteiger charge is 2.57. The number of rotatable bonds is 7. The van der Waals surface area contributed by atoms with Crippen molar-refractivity contribution >= 4 is 35.0 Å². The van der Waals surface area contributed by atoms with Crippen LogP contribution in [0.5, 0.6) is 0 Å². The minimum atomic E-state index is -0.710. The number of carbonyl (C=O) groups excluding carboxylic acids is 2. The summed E-state index contributed by atoms with van der Waals surface area (Å²) in [6.07, 6.45) is 3.92. The summed E-state index contributed by atoms with van der Waals surface area (Å²) in [6.45, 7) is 2.90. The van der Waals surface area contributed by atoms with Crippen molar-refractivity contribution in [2.24, 2.45) is 11.7 Å². The summed E-state index contributed by atoms with van der Waals surface area (Å²) in [5, 5.41) is 1.04. The molecule has 0 spiro atoms. The predicted molar refractivity (Wildman–Crippen MR) is 130 cm³/mol. The van der Waals surface area contributed by atoms with Crippen LogP contribution >= 0.6 is 23.2 Å². The van der Waals surface area contributed by atoms with Crippen LogP contribution in [0.2, 0.25) is 10.0 Å². The summed E-state index contributed by atoms with van der Waals surface area (Å²) in [6, 6.07) is 14.4. The smallest absolute Gasteiger partial charge is 0.240 e. The molecule has 1 saturated carbocycles. The lowest BCUT2D eigenvalue weighted by Crippen LogP contribution is -2.65. The van der Waals surface area contributed by atoms with Crippen LogP contribution < -0.4 is 5.73 Å². The number of halogens is 2. The summed E-state index contributed by atoms with van der Waals surface area (Å²) < 4.78 is 0. The van der Waals surface area contributed by atoms with Crippen molar-refractivity contribution < 1.29 is 9.59 Å². The zero-order chi connectivity index (χ0) is 23.2. The number of primary amides is 1. The van der Waals surface area contributed by atoms with Crippen molar-refractivity contribution in [3.05, 3.63) is 69.7 Å². The Balaban J connectivity index is 1.54. The van der Waals surface area contributed by atoms with Gasteiger partial charge in [0.05, 0.1) is 5.41 Å². The van der Waals surface area contributed by atoms with Crippen LogP contribution in [-0.4, -0.2) is 53.3 Å². The monoisotopic (exact) mass is 485 g/mol. The van der Waals surface area contributed by atoms with Gasteiger partial charge in [0.25, 0.3) is 0 Å². The lowest BCUT2D eigenvalue weighted by atomic mass is 9.80. The highest BCUT2D eigenvalue weighted by molar-refractivity contribution is 6.35. The Morgan fingerprint density at radius 1 is 1.09 bits per heavy atom. The van der Waals surface area contributed by atoms with Gasteiger partial charge in [0, 0.05) is 29.1 Å². The third-order valence-electron chi connectivity index (χ3n) is 7.76. The lowest BCUT2D eigenvalue weighted by Gasteiger charge is -2.51. The normalized spacial score (nSPS) is 25.9. The SMILES string of the molecule is NC(=O)[C@H](Cc1ccccc1)N(C(=O)C1(c2ccc(Cl)cc2Cl)CC1)[C@H]1CN2CCC1CC2. The molecular formula is C26H29Cl2N3O2. The van der Waals surface area contributed by atoms with Crippen molar-refractivity contribution in [2.75, 3.05) is 19.6 Å². The van der Waals surface area contributed by atoms with Crippen LogP contribution in [0.25, 0.3) is 0 Å². The molecule has 0 radical (unpaired) electrons. The van der Waals surface area contributed by atoms with E-state index >= 15 is 0 Å². The van der Waals surface area contributed by atoms with E-state index < -0.39 is 17.4 Å². The number of piperidine rings is 3. The Kier molecular flexibility index (Phi) is 6.15. The molecule has 2 atom stereocenters. The third-order valence-corrected chi connectivity index (χ3v) is 8.30. The number of nitrogens with zero attached hydrogens (tertiary/aromatic N) is 2. The average molecular weight is 486 g/mol. The summed E-state index contributed by atoms with van der Waals surface area (Å²) in [5.74, 6) is -0.0973. The van der Waals surface area contributed by atoms with Gasteiger partial charge in [-0.05, 0) is 68.0 Å². The van der Waals surface area contributed by atoms with Crippen LogP contribution in [-0.2, 0) is 21.4 Å². The molecule has 4 fully saturated rings. The minimum absolute atomic E-state index is 0.0230. The van der Waals surface area contributed by atoms with Gasteiger partial charge in [-0.15, -0.1) is 0 Å². The highest BCUT2D eigenvalue weighted by Crippen LogP contribution is 2.53. The fourth-order valence-electron chi connectivity index (χ4n) is 5.79. The maximum atomic E-state index is 14.4. The second-order valence-corrected chi connectivity index (χ2v) is 10.6. The molecule has 3 saturated heterocycles. The summed E-state index contributed by atoms with van der Waals surface area (Å²) >= 11 is 12.7. The standard InChI is InChI=1S/C26H29Cl2N3O2/c27-19-6-7-20(21(28)15-19)26(10-11-26)25(33)31(23-16-30-12-8-18(23)9-13-30)22(24(29)32)14-17-4-2-1-3-5-17/h1-7,15,18,22-23H,8-14,16H2,(H2,29,32)/t22-,23-/m0/s1. The number of nitrogens with two attached hydrogens (primary N) is 1. The van der Waals surface area contributed by atoms with E-state index in [1.807, 2.05) is 41.3 Å². The predicted octanol–water partition coefficient (Wildman–Crippen LogP) is 4.04. The topological polar surface area (TPSA) is 66.6 Å². The molecule has 0 aromatic heterocycles. The zero-order valence-corrected chi connectivity index (χ0v) is 20.1. The van der Waals surface area contributed by atoms with Gasteiger partial charge in [-0.2, -0.15) is 0 Å². The molecule has 33 heavy (non-hydrogen) atoms. The third kappa shape index (κ3) is 4.27. The van der Waals surface area contributed by atoms with Gasteiger partial charge in [-0.25, -0.2) is 0 Å². The number of amides is 2. The molecule has 5 nitrogen and oxygen atoms in total. The molecule has 7 heteroatoms. The maximum Gasteiger partial charge on any atom is 0.240 e. The van der Waals surface area contributed by atoms with Gasteiger partial charge in [0.15, 0.2) is 0 Å². The zero-order valence-electron chi connectivity index (χ0n) is 18.6. The molecular weight excluding hydrogens is 457 g/mol. The fraction of sp³-hybridized carbons (Fsp3) is 0.462. The molecule has 6 rings (SSSR count). The number of hydrogen-bond donors (Lipinski definition) is 1. The van der Waals surface area contributed by atoms with Gasteiger partial charge in [0.2, 0.25) is 11.8 Å². The Bertz CT molecular complexity index is 1050. The molecule has 2 bridgehead atoms.